The first kappa shape index (κ1) is 22.4. The van der Waals surface area contributed by atoms with E-state index in [0.29, 0.717) is 18.4 Å². The highest BCUT2D eigenvalue weighted by molar-refractivity contribution is 9.10. The number of pyridine rings is 1. The molecule has 0 amide bonds. The fourth-order valence-electron chi connectivity index (χ4n) is 4.30. The lowest BCUT2D eigenvalue weighted by Crippen LogP contribution is -2.21. The smallest absolute Gasteiger partial charge is 0.158 e. The summed E-state index contributed by atoms with van der Waals surface area (Å²) in [6, 6.07) is 17.4. The maximum Gasteiger partial charge on any atom is 0.158 e. The molecule has 4 rings (SSSR count). The van der Waals surface area contributed by atoms with Crippen LogP contribution in [0.1, 0.15) is 63.6 Å². The molecule has 3 aromatic rings. The van der Waals surface area contributed by atoms with Crippen LogP contribution in [0.5, 0.6) is 0 Å². The summed E-state index contributed by atoms with van der Waals surface area (Å²) in [5.74, 6) is 1.13. The van der Waals surface area contributed by atoms with E-state index in [1.807, 2.05) is 0 Å². The zero-order valence-electron chi connectivity index (χ0n) is 18.7. The lowest BCUT2D eigenvalue weighted by molar-refractivity contribution is -0.168. The van der Waals surface area contributed by atoms with E-state index in [1.54, 1.807) is 0 Å². The Morgan fingerprint density at radius 2 is 1.84 bits per heavy atom. The lowest BCUT2D eigenvalue weighted by Gasteiger charge is -2.22. The van der Waals surface area contributed by atoms with Gasteiger partial charge in [0.1, 0.15) is 0 Å². The number of halogens is 1. The van der Waals surface area contributed by atoms with Crippen molar-refractivity contribution in [2.75, 3.05) is 6.61 Å². The highest BCUT2D eigenvalue weighted by atomic mass is 79.9. The van der Waals surface area contributed by atoms with Crippen LogP contribution in [0.25, 0.3) is 22.0 Å². The van der Waals surface area contributed by atoms with Crippen LogP contribution in [0.15, 0.2) is 53.0 Å². The zero-order chi connectivity index (χ0) is 21.8. The molecular weight excluding hydrogens is 450 g/mol. The Hall–Kier alpha value is -1.75. The van der Waals surface area contributed by atoms with Crippen molar-refractivity contribution >= 4 is 26.8 Å². The van der Waals surface area contributed by atoms with Crippen LogP contribution in [0.4, 0.5) is 0 Å². The average molecular weight is 482 g/mol. The summed E-state index contributed by atoms with van der Waals surface area (Å²) in [4.78, 5) is 4.97. The average Bonchev–Trinajstić information content (AvgIpc) is 2.78. The third kappa shape index (κ3) is 5.74. The van der Waals surface area contributed by atoms with Crippen LogP contribution in [0.2, 0.25) is 0 Å². The van der Waals surface area contributed by atoms with Gasteiger partial charge in [-0.1, -0.05) is 51.1 Å². The SMILES string of the molecule is CC(C)CC(C)c1ccc2cc(-c3ccc(COC4CCCCO4)cc3)cc(Br)c2n1. The van der Waals surface area contributed by atoms with E-state index in [1.165, 1.54) is 28.8 Å². The predicted octanol–water partition coefficient (Wildman–Crippen LogP) is 7.86. The predicted molar refractivity (Wildman–Crippen MR) is 131 cm³/mol. The van der Waals surface area contributed by atoms with Gasteiger partial charge in [-0.15, -0.1) is 0 Å². The number of benzene rings is 2. The second kappa shape index (κ2) is 10.2. The molecule has 164 valence electrons. The molecule has 1 aliphatic rings. The summed E-state index contributed by atoms with van der Waals surface area (Å²) in [7, 11) is 0. The van der Waals surface area contributed by atoms with E-state index in [2.05, 4.69) is 85.2 Å². The first-order chi connectivity index (χ1) is 15.0. The van der Waals surface area contributed by atoms with Crippen LogP contribution in [0, 0.1) is 5.92 Å². The Kier molecular flexibility index (Phi) is 7.42. The van der Waals surface area contributed by atoms with Crippen molar-refractivity contribution in [3.8, 4) is 11.1 Å². The van der Waals surface area contributed by atoms with Gasteiger partial charge in [0, 0.05) is 22.2 Å². The van der Waals surface area contributed by atoms with Crippen molar-refractivity contribution < 1.29 is 9.47 Å². The third-order valence-electron chi connectivity index (χ3n) is 5.96. The van der Waals surface area contributed by atoms with Gasteiger partial charge in [0.15, 0.2) is 6.29 Å². The molecule has 1 aliphatic heterocycles. The van der Waals surface area contributed by atoms with Gasteiger partial charge in [0.05, 0.1) is 12.1 Å². The highest BCUT2D eigenvalue weighted by Crippen LogP contribution is 2.32. The molecule has 2 aromatic carbocycles. The quantitative estimate of drug-likeness (QED) is 0.344. The minimum Gasteiger partial charge on any atom is -0.353 e. The molecule has 4 heteroatoms. The van der Waals surface area contributed by atoms with E-state index in [4.69, 9.17) is 14.5 Å². The van der Waals surface area contributed by atoms with Crippen molar-refractivity contribution in [2.24, 2.45) is 5.92 Å². The summed E-state index contributed by atoms with van der Waals surface area (Å²) in [5.41, 5.74) is 5.75. The second-order valence-electron chi connectivity index (χ2n) is 9.10. The minimum absolute atomic E-state index is 0.0504. The molecule has 0 saturated carbocycles. The highest BCUT2D eigenvalue weighted by Gasteiger charge is 2.15. The standard InChI is InChI=1S/C27H32BrNO2/c1-18(2)14-19(3)25-12-11-22-15-23(16-24(28)27(22)29-25)21-9-7-20(8-10-21)17-31-26-6-4-5-13-30-26/h7-12,15-16,18-19,26H,4-6,13-14,17H2,1-3H3. The summed E-state index contributed by atoms with van der Waals surface area (Å²) in [6.45, 7) is 8.20. The normalized spacial score (nSPS) is 17.9. The van der Waals surface area contributed by atoms with Gasteiger partial charge in [-0.2, -0.15) is 0 Å². The largest absolute Gasteiger partial charge is 0.353 e. The molecule has 1 fully saturated rings. The number of hydrogen-bond donors (Lipinski definition) is 0. The van der Waals surface area contributed by atoms with Crippen LogP contribution < -0.4 is 0 Å². The van der Waals surface area contributed by atoms with E-state index in [9.17, 15) is 0 Å². The molecule has 0 aliphatic carbocycles. The number of rotatable bonds is 7. The maximum atomic E-state index is 5.91. The van der Waals surface area contributed by atoms with E-state index in [0.717, 1.165) is 41.2 Å². The fourth-order valence-corrected chi connectivity index (χ4v) is 4.87. The van der Waals surface area contributed by atoms with Crippen LogP contribution in [-0.4, -0.2) is 17.9 Å². The Balaban J connectivity index is 1.49. The minimum atomic E-state index is -0.0504. The fraction of sp³-hybridized carbons (Fsp3) is 0.444. The molecule has 31 heavy (non-hydrogen) atoms. The Labute approximate surface area is 194 Å². The van der Waals surface area contributed by atoms with Gasteiger partial charge in [-0.3, -0.25) is 4.98 Å². The zero-order valence-corrected chi connectivity index (χ0v) is 20.3. The number of fused-ring (bicyclic) bond motifs is 1. The molecule has 0 radical (unpaired) electrons. The molecule has 3 nitrogen and oxygen atoms in total. The van der Waals surface area contributed by atoms with Gasteiger partial charge >= 0.3 is 0 Å². The Bertz CT molecular complexity index is 1010. The van der Waals surface area contributed by atoms with Gasteiger partial charge < -0.3 is 9.47 Å². The molecule has 0 bridgehead atoms. The maximum absolute atomic E-state index is 5.91. The van der Waals surface area contributed by atoms with Crippen LogP contribution in [0.3, 0.4) is 0 Å². The number of nitrogens with zero attached hydrogens (tertiary/aromatic N) is 1. The molecule has 1 saturated heterocycles. The van der Waals surface area contributed by atoms with Crippen LogP contribution in [-0.2, 0) is 16.1 Å². The monoisotopic (exact) mass is 481 g/mol. The first-order valence-electron chi connectivity index (χ1n) is 11.4. The third-order valence-corrected chi connectivity index (χ3v) is 6.56. The molecule has 0 N–H and O–H groups in total. The Morgan fingerprint density at radius 1 is 1.03 bits per heavy atom. The van der Waals surface area contributed by atoms with E-state index >= 15 is 0 Å². The van der Waals surface area contributed by atoms with Gasteiger partial charge in [-0.25, -0.2) is 0 Å². The summed E-state index contributed by atoms with van der Waals surface area (Å²) in [6.07, 6.45) is 4.43. The number of hydrogen-bond acceptors (Lipinski definition) is 3. The second-order valence-corrected chi connectivity index (χ2v) is 9.95. The van der Waals surface area contributed by atoms with E-state index in [-0.39, 0.29) is 6.29 Å². The molecule has 2 unspecified atom stereocenters. The molecular formula is C27H32BrNO2. The van der Waals surface area contributed by atoms with Gasteiger partial charge in [0.2, 0.25) is 0 Å². The van der Waals surface area contributed by atoms with Crippen LogP contribution >= 0.6 is 15.9 Å². The summed E-state index contributed by atoms with van der Waals surface area (Å²) in [5, 5.41) is 1.16. The topological polar surface area (TPSA) is 31.4 Å². The summed E-state index contributed by atoms with van der Waals surface area (Å²) < 4.78 is 12.6. The van der Waals surface area contributed by atoms with Crippen molar-refractivity contribution in [1.82, 2.24) is 4.98 Å². The number of aromatic nitrogens is 1. The molecule has 1 aromatic heterocycles. The van der Waals surface area contributed by atoms with Gasteiger partial charge in [0.25, 0.3) is 0 Å². The first-order valence-corrected chi connectivity index (χ1v) is 12.2. The van der Waals surface area contributed by atoms with Crippen molar-refractivity contribution in [3.63, 3.8) is 0 Å². The van der Waals surface area contributed by atoms with Crippen molar-refractivity contribution in [3.05, 3.63) is 64.3 Å². The lowest BCUT2D eigenvalue weighted by atomic mass is 9.95. The molecule has 2 heterocycles. The Morgan fingerprint density at radius 3 is 2.55 bits per heavy atom. The number of ether oxygens (including phenoxy) is 2. The molecule has 2 atom stereocenters. The molecule has 0 spiro atoms. The van der Waals surface area contributed by atoms with Crippen molar-refractivity contribution in [1.29, 1.82) is 0 Å². The van der Waals surface area contributed by atoms with Crippen molar-refractivity contribution in [2.45, 2.75) is 65.3 Å². The summed E-state index contributed by atoms with van der Waals surface area (Å²) >= 11 is 3.77. The van der Waals surface area contributed by atoms with E-state index < -0.39 is 0 Å². The van der Waals surface area contributed by atoms with Gasteiger partial charge in [-0.05, 0) is 88.3 Å².